The van der Waals surface area contributed by atoms with Crippen LogP contribution in [0.2, 0.25) is 0 Å². The minimum absolute atomic E-state index is 0.0859. The Bertz CT molecular complexity index is 383. The van der Waals surface area contributed by atoms with Crippen LogP contribution in [0.15, 0.2) is 29.2 Å². The number of fused-ring (bicyclic) bond motifs is 1. The Kier molecular flexibility index (Phi) is 3.30. The predicted molar refractivity (Wildman–Crippen MR) is 62.7 cm³/mol. The number of hydrogen-bond donors (Lipinski definition) is 1. The minimum atomic E-state index is 0.0859. The normalized spacial score (nSPS) is 20.7. The van der Waals surface area contributed by atoms with Gasteiger partial charge in [-0.1, -0.05) is 18.2 Å². The summed E-state index contributed by atoms with van der Waals surface area (Å²) in [6.07, 6.45) is 0. The Labute approximate surface area is 94.7 Å². The first-order valence-electron chi connectivity index (χ1n) is 5.16. The van der Waals surface area contributed by atoms with Crippen molar-refractivity contribution in [1.29, 1.82) is 5.26 Å². The van der Waals surface area contributed by atoms with Crippen molar-refractivity contribution in [2.45, 2.75) is 17.9 Å². The molecule has 0 spiro atoms. The van der Waals surface area contributed by atoms with Gasteiger partial charge in [-0.05, 0) is 18.6 Å². The highest BCUT2D eigenvalue weighted by Crippen LogP contribution is 2.37. The number of nitrogens with zero attached hydrogens (tertiary/aromatic N) is 1. The number of rotatable bonds is 3. The van der Waals surface area contributed by atoms with Crippen molar-refractivity contribution in [2.75, 3.05) is 12.3 Å². The fourth-order valence-electron chi connectivity index (χ4n) is 1.70. The average molecular weight is 218 g/mol. The third-order valence-corrected chi connectivity index (χ3v) is 3.77. The first-order valence-corrected chi connectivity index (χ1v) is 6.14. The first kappa shape index (κ1) is 10.5. The lowest BCUT2D eigenvalue weighted by molar-refractivity contribution is 0.534. The molecule has 0 aliphatic carbocycles. The SMILES string of the molecule is CC(C#N)CNC1CSc2ccccc21. The van der Waals surface area contributed by atoms with E-state index in [1.54, 1.807) is 0 Å². The molecule has 0 amide bonds. The van der Waals surface area contributed by atoms with Gasteiger partial charge in [0.2, 0.25) is 0 Å². The van der Waals surface area contributed by atoms with Gasteiger partial charge in [0.05, 0.1) is 12.0 Å². The van der Waals surface area contributed by atoms with Gasteiger partial charge in [-0.3, -0.25) is 0 Å². The molecule has 0 radical (unpaired) electrons. The van der Waals surface area contributed by atoms with E-state index >= 15 is 0 Å². The summed E-state index contributed by atoms with van der Waals surface area (Å²) in [6.45, 7) is 2.72. The number of thioether (sulfide) groups is 1. The number of nitriles is 1. The maximum atomic E-state index is 8.71. The largest absolute Gasteiger partial charge is 0.308 e. The van der Waals surface area contributed by atoms with Crippen LogP contribution in [0.4, 0.5) is 0 Å². The van der Waals surface area contributed by atoms with Crippen molar-refractivity contribution in [3.05, 3.63) is 29.8 Å². The van der Waals surface area contributed by atoms with Crippen LogP contribution in [-0.2, 0) is 0 Å². The summed E-state index contributed by atoms with van der Waals surface area (Å²) in [5.41, 5.74) is 1.38. The van der Waals surface area contributed by atoms with Crippen molar-refractivity contribution in [1.82, 2.24) is 5.32 Å². The van der Waals surface area contributed by atoms with Crippen LogP contribution >= 0.6 is 11.8 Å². The number of benzene rings is 1. The van der Waals surface area contributed by atoms with Crippen LogP contribution in [0.25, 0.3) is 0 Å². The topological polar surface area (TPSA) is 35.8 Å². The maximum absolute atomic E-state index is 8.71. The van der Waals surface area contributed by atoms with E-state index in [2.05, 4.69) is 35.7 Å². The van der Waals surface area contributed by atoms with Gasteiger partial charge in [0.15, 0.2) is 0 Å². The van der Waals surface area contributed by atoms with Crippen LogP contribution in [0.1, 0.15) is 18.5 Å². The highest BCUT2D eigenvalue weighted by atomic mass is 32.2. The van der Waals surface area contributed by atoms with Gasteiger partial charge < -0.3 is 5.32 Å². The molecule has 15 heavy (non-hydrogen) atoms. The van der Waals surface area contributed by atoms with E-state index in [4.69, 9.17) is 5.26 Å². The number of hydrogen-bond acceptors (Lipinski definition) is 3. The molecule has 1 aromatic carbocycles. The minimum Gasteiger partial charge on any atom is -0.308 e. The lowest BCUT2D eigenvalue weighted by atomic mass is 10.1. The lowest BCUT2D eigenvalue weighted by Gasteiger charge is -2.13. The molecule has 0 aromatic heterocycles. The molecule has 2 rings (SSSR count). The van der Waals surface area contributed by atoms with Gasteiger partial charge in [0.1, 0.15) is 0 Å². The third kappa shape index (κ3) is 2.34. The molecule has 1 aromatic rings. The molecule has 0 bridgehead atoms. The molecular weight excluding hydrogens is 204 g/mol. The van der Waals surface area contributed by atoms with E-state index < -0.39 is 0 Å². The highest BCUT2D eigenvalue weighted by molar-refractivity contribution is 7.99. The summed E-state index contributed by atoms with van der Waals surface area (Å²) in [4.78, 5) is 1.37. The molecule has 1 heterocycles. The first-order chi connectivity index (χ1) is 7.31. The maximum Gasteiger partial charge on any atom is 0.0666 e. The molecule has 0 saturated heterocycles. The van der Waals surface area contributed by atoms with Crippen LogP contribution in [0, 0.1) is 17.2 Å². The molecule has 0 fully saturated rings. The lowest BCUT2D eigenvalue weighted by Crippen LogP contribution is -2.25. The summed E-state index contributed by atoms with van der Waals surface area (Å²) in [6, 6.07) is 11.1. The summed E-state index contributed by atoms with van der Waals surface area (Å²) in [5, 5.41) is 12.2. The van der Waals surface area contributed by atoms with Crippen LogP contribution in [-0.4, -0.2) is 12.3 Å². The fourth-order valence-corrected chi connectivity index (χ4v) is 2.89. The zero-order valence-electron chi connectivity index (χ0n) is 8.73. The third-order valence-electron chi connectivity index (χ3n) is 2.59. The molecule has 0 saturated carbocycles. The second-order valence-corrected chi connectivity index (χ2v) is 4.90. The molecule has 2 unspecified atom stereocenters. The summed E-state index contributed by atoms with van der Waals surface area (Å²) >= 11 is 1.89. The number of nitrogens with one attached hydrogen (secondary N) is 1. The molecule has 78 valence electrons. The van der Waals surface area contributed by atoms with Gasteiger partial charge >= 0.3 is 0 Å². The van der Waals surface area contributed by atoms with Gasteiger partial charge in [0.25, 0.3) is 0 Å². The van der Waals surface area contributed by atoms with Gasteiger partial charge in [-0.25, -0.2) is 0 Å². The van der Waals surface area contributed by atoms with Crippen molar-refractivity contribution in [3.8, 4) is 6.07 Å². The second kappa shape index (κ2) is 4.69. The van der Waals surface area contributed by atoms with E-state index in [0.717, 1.165) is 12.3 Å². The van der Waals surface area contributed by atoms with Crippen LogP contribution in [0.5, 0.6) is 0 Å². The van der Waals surface area contributed by atoms with Crippen LogP contribution in [0.3, 0.4) is 0 Å². The predicted octanol–water partition coefficient (Wildman–Crippen LogP) is 2.58. The van der Waals surface area contributed by atoms with Gasteiger partial charge in [-0.2, -0.15) is 5.26 Å². The van der Waals surface area contributed by atoms with Crippen molar-refractivity contribution < 1.29 is 0 Å². The molecular formula is C12H14N2S. The van der Waals surface area contributed by atoms with E-state index in [1.807, 2.05) is 18.7 Å². The van der Waals surface area contributed by atoms with E-state index in [1.165, 1.54) is 10.5 Å². The van der Waals surface area contributed by atoms with Crippen molar-refractivity contribution >= 4 is 11.8 Å². The van der Waals surface area contributed by atoms with E-state index in [-0.39, 0.29) is 5.92 Å². The summed E-state index contributed by atoms with van der Waals surface area (Å²) in [5.74, 6) is 1.17. The second-order valence-electron chi connectivity index (χ2n) is 3.84. The molecule has 1 aliphatic heterocycles. The smallest absolute Gasteiger partial charge is 0.0666 e. The molecule has 2 atom stereocenters. The van der Waals surface area contributed by atoms with Gasteiger partial charge in [-0.15, -0.1) is 11.8 Å². The summed E-state index contributed by atoms with van der Waals surface area (Å²) in [7, 11) is 0. The Balaban J connectivity index is 2.00. The standard InChI is InChI=1S/C12H14N2S/c1-9(6-13)7-14-11-8-15-12-5-3-2-4-10(11)12/h2-5,9,11,14H,7-8H2,1H3. The molecule has 3 heteroatoms. The van der Waals surface area contributed by atoms with Crippen molar-refractivity contribution in [2.24, 2.45) is 5.92 Å². The fraction of sp³-hybridized carbons (Fsp3) is 0.417. The monoisotopic (exact) mass is 218 g/mol. The summed E-state index contributed by atoms with van der Waals surface area (Å²) < 4.78 is 0. The Morgan fingerprint density at radius 1 is 1.60 bits per heavy atom. The van der Waals surface area contributed by atoms with E-state index in [9.17, 15) is 0 Å². The Morgan fingerprint density at radius 2 is 2.40 bits per heavy atom. The quantitative estimate of drug-likeness (QED) is 0.847. The van der Waals surface area contributed by atoms with Gasteiger partial charge in [0, 0.05) is 23.2 Å². The van der Waals surface area contributed by atoms with E-state index in [0.29, 0.717) is 6.04 Å². The molecule has 1 N–H and O–H groups in total. The highest BCUT2D eigenvalue weighted by Gasteiger charge is 2.22. The Hall–Kier alpha value is -0.980. The van der Waals surface area contributed by atoms with Crippen molar-refractivity contribution in [3.63, 3.8) is 0 Å². The Morgan fingerprint density at radius 3 is 3.20 bits per heavy atom. The molecule has 1 aliphatic rings. The zero-order chi connectivity index (χ0) is 10.7. The zero-order valence-corrected chi connectivity index (χ0v) is 9.55. The average Bonchev–Trinajstić information content (AvgIpc) is 2.69. The molecule has 2 nitrogen and oxygen atoms in total. The van der Waals surface area contributed by atoms with Crippen LogP contribution < -0.4 is 5.32 Å².